The van der Waals surface area contributed by atoms with Gasteiger partial charge < -0.3 is 4.98 Å². The lowest BCUT2D eigenvalue weighted by atomic mass is 9.83. The number of H-pyrrole nitrogens is 1. The second-order valence-electron chi connectivity index (χ2n) is 6.53. The maximum atomic E-state index is 11.6. The van der Waals surface area contributed by atoms with Gasteiger partial charge in [-0.05, 0) is 61.6 Å². The molecule has 2 saturated carbocycles. The van der Waals surface area contributed by atoms with E-state index in [4.69, 9.17) is 0 Å². The molecule has 108 valence electrons. The number of nitrogens with zero attached hydrogens (tertiary/aromatic N) is 1. The van der Waals surface area contributed by atoms with Crippen molar-refractivity contribution in [2.24, 2.45) is 5.41 Å². The molecule has 2 fully saturated rings. The molecule has 1 heterocycles. The normalized spacial score (nSPS) is 19.7. The molecule has 1 spiro atoms. The van der Waals surface area contributed by atoms with Crippen LogP contribution in [0.5, 0.6) is 0 Å². The summed E-state index contributed by atoms with van der Waals surface area (Å²) in [5.74, 6) is 0. The summed E-state index contributed by atoms with van der Waals surface area (Å²) in [7, 11) is 0. The van der Waals surface area contributed by atoms with E-state index in [0.717, 1.165) is 11.1 Å². The Morgan fingerprint density at radius 1 is 1.05 bits per heavy atom. The molecule has 3 nitrogen and oxygen atoms in total. The summed E-state index contributed by atoms with van der Waals surface area (Å²) < 4.78 is 1.62. The van der Waals surface area contributed by atoms with Gasteiger partial charge in [0.25, 0.3) is 0 Å². The minimum Gasteiger partial charge on any atom is -0.312 e. The van der Waals surface area contributed by atoms with Crippen molar-refractivity contribution in [3.8, 4) is 5.69 Å². The van der Waals surface area contributed by atoms with E-state index in [1.807, 2.05) is 12.1 Å². The molecule has 0 aliphatic heterocycles. The molecule has 0 unspecified atom stereocenters. The average Bonchev–Trinajstić information content (AvgIpc) is 3.13. The van der Waals surface area contributed by atoms with E-state index in [1.165, 1.54) is 44.1 Å². The van der Waals surface area contributed by atoms with Gasteiger partial charge >= 0.3 is 5.69 Å². The summed E-state index contributed by atoms with van der Waals surface area (Å²) in [5.41, 5.74) is 4.38. The van der Waals surface area contributed by atoms with Gasteiger partial charge in [-0.1, -0.05) is 23.8 Å². The van der Waals surface area contributed by atoms with E-state index < -0.39 is 0 Å². The Labute approximate surface area is 124 Å². The standard InChI is InChI=1S/C18H20N2O/c21-17-19-11-12-20(17)16-3-1-14(2-4-16)13-15-5-7-18(8-6-15)9-10-18/h1-4,11-13H,5-10H2,(H,19,21). The number of hydrogen-bond donors (Lipinski definition) is 1. The van der Waals surface area contributed by atoms with Gasteiger partial charge in [-0.15, -0.1) is 0 Å². The Bertz CT molecular complexity index is 717. The van der Waals surface area contributed by atoms with Crippen LogP contribution in [0, 0.1) is 5.41 Å². The quantitative estimate of drug-likeness (QED) is 0.890. The number of rotatable bonds is 2. The zero-order valence-corrected chi connectivity index (χ0v) is 12.1. The van der Waals surface area contributed by atoms with Gasteiger partial charge in [-0.25, -0.2) is 4.79 Å². The summed E-state index contributed by atoms with van der Waals surface area (Å²) in [4.78, 5) is 14.2. The van der Waals surface area contributed by atoms with Crippen molar-refractivity contribution < 1.29 is 0 Å². The van der Waals surface area contributed by atoms with Crippen LogP contribution in [0.15, 0.2) is 47.0 Å². The zero-order valence-electron chi connectivity index (χ0n) is 12.1. The van der Waals surface area contributed by atoms with Gasteiger partial charge in [0.1, 0.15) is 0 Å². The Balaban J connectivity index is 1.51. The Kier molecular flexibility index (Phi) is 2.88. The lowest BCUT2D eigenvalue weighted by molar-refractivity contribution is 0.388. The third-order valence-corrected chi connectivity index (χ3v) is 5.10. The molecule has 3 heteroatoms. The zero-order chi connectivity index (χ0) is 14.3. The topological polar surface area (TPSA) is 37.8 Å². The molecule has 1 aromatic heterocycles. The first-order chi connectivity index (χ1) is 10.2. The van der Waals surface area contributed by atoms with Gasteiger partial charge in [-0.3, -0.25) is 4.57 Å². The first kappa shape index (κ1) is 12.7. The smallest absolute Gasteiger partial charge is 0.312 e. The number of nitrogens with one attached hydrogen (secondary N) is 1. The van der Waals surface area contributed by atoms with Crippen LogP contribution in [-0.4, -0.2) is 9.55 Å². The number of allylic oxidation sites excluding steroid dienone is 1. The number of hydrogen-bond acceptors (Lipinski definition) is 1. The molecule has 1 N–H and O–H groups in total. The SMILES string of the molecule is O=c1[nH]ccn1-c1ccc(C=C2CCC3(CC2)CC3)cc1. The molecule has 2 aliphatic rings. The minimum atomic E-state index is -0.0943. The highest BCUT2D eigenvalue weighted by Crippen LogP contribution is 2.57. The minimum absolute atomic E-state index is 0.0943. The molecule has 0 radical (unpaired) electrons. The predicted octanol–water partition coefficient (Wildman–Crippen LogP) is 3.90. The Morgan fingerprint density at radius 3 is 2.33 bits per heavy atom. The van der Waals surface area contributed by atoms with Crippen molar-refractivity contribution in [3.05, 3.63) is 58.3 Å². The number of benzene rings is 1. The van der Waals surface area contributed by atoms with E-state index in [0.29, 0.717) is 0 Å². The molecule has 0 bridgehead atoms. The third kappa shape index (κ3) is 2.48. The predicted molar refractivity (Wildman–Crippen MR) is 84.5 cm³/mol. The van der Waals surface area contributed by atoms with Crippen molar-refractivity contribution >= 4 is 6.08 Å². The highest BCUT2D eigenvalue weighted by atomic mass is 16.1. The van der Waals surface area contributed by atoms with E-state index in [-0.39, 0.29) is 5.69 Å². The van der Waals surface area contributed by atoms with Gasteiger partial charge in [0.15, 0.2) is 0 Å². The highest BCUT2D eigenvalue weighted by molar-refractivity contribution is 5.55. The fourth-order valence-electron chi connectivity index (χ4n) is 3.41. The van der Waals surface area contributed by atoms with Gasteiger partial charge in [0, 0.05) is 12.4 Å². The largest absolute Gasteiger partial charge is 0.330 e. The summed E-state index contributed by atoms with van der Waals surface area (Å²) in [6.07, 6.45) is 14.0. The maximum Gasteiger partial charge on any atom is 0.330 e. The molecular weight excluding hydrogens is 260 g/mol. The van der Waals surface area contributed by atoms with Crippen molar-refractivity contribution in [2.45, 2.75) is 38.5 Å². The van der Waals surface area contributed by atoms with E-state index in [2.05, 4.69) is 23.2 Å². The second kappa shape index (κ2) is 4.76. The van der Waals surface area contributed by atoms with Crippen molar-refractivity contribution in [2.75, 3.05) is 0 Å². The van der Waals surface area contributed by atoms with Crippen molar-refractivity contribution in [3.63, 3.8) is 0 Å². The summed E-state index contributed by atoms with van der Waals surface area (Å²) in [6.45, 7) is 0. The first-order valence-corrected chi connectivity index (χ1v) is 7.80. The van der Waals surface area contributed by atoms with Gasteiger partial charge in [0.05, 0.1) is 5.69 Å². The monoisotopic (exact) mass is 280 g/mol. The van der Waals surface area contributed by atoms with E-state index >= 15 is 0 Å². The van der Waals surface area contributed by atoms with Crippen LogP contribution >= 0.6 is 0 Å². The molecule has 0 saturated heterocycles. The van der Waals surface area contributed by atoms with E-state index in [9.17, 15) is 4.79 Å². The van der Waals surface area contributed by atoms with Crippen LogP contribution in [0.3, 0.4) is 0 Å². The summed E-state index contributed by atoms with van der Waals surface area (Å²) in [6, 6.07) is 8.21. The summed E-state index contributed by atoms with van der Waals surface area (Å²) in [5, 5.41) is 0. The highest BCUT2D eigenvalue weighted by Gasteiger charge is 2.43. The fraction of sp³-hybridized carbons (Fsp3) is 0.389. The van der Waals surface area contributed by atoms with E-state index in [1.54, 1.807) is 22.5 Å². The Hall–Kier alpha value is -2.03. The maximum absolute atomic E-state index is 11.6. The lowest BCUT2D eigenvalue weighted by Gasteiger charge is -2.23. The van der Waals surface area contributed by atoms with Crippen molar-refractivity contribution in [1.29, 1.82) is 0 Å². The molecule has 2 aliphatic carbocycles. The Morgan fingerprint density at radius 2 is 1.76 bits per heavy atom. The van der Waals surface area contributed by atoms with Gasteiger partial charge in [-0.2, -0.15) is 0 Å². The fourth-order valence-corrected chi connectivity index (χ4v) is 3.41. The first-order valence-electron chi connectivity index (χ1n) is 7.80. The number of aromatic nitrogens is 2. The van der Waals surface area contributed by atoms with Crippen LogP contribution in [0.2, 0.25) is 0 Å². The van der Waals surface area contributed by atoms with Crippen LogP contribution in [-0.2, 0) is 0 Å². The van der Waals surface area contributed by atoms with Gasteiger partial charge in [0.2, 0.25) is 0 Å². The summed E-state index contributed by atoms with van der Waals surface area (Å²) >= 11 is 0. The van der Waals surface area contributed by atoms with Crippen molar-refractivity contribution in [1.82, 2.24) is 9.55 Å². The molecule has 0 amide bonds. The average molecular weight is 280 g/mol. The lowest BCUT2D eigenvalue weighted by Crippen LogP contribution is -2.13. The van der Waals surface area contributed by atoms with Crippen LogP contribution in [0.4, 0.5) is 0 Å². The van der Waals surface area contributed by atoms with Crippen LogP contribution in [0.1, 0.15) is 44.1 Å². The molecular formula is C18H20N2O. The van der Waals surface area contributed by atoms with Crippen LogP contribution < -0.4 is 5.69 Å². The third-order valence-electron chi connectivity index (χ3n) is 5.10. The second-order valence-corrected chi connectivity index (χ2v) is 6.53. The molecule has 21 heavy (non-hydrogen) atoms. The molecule has 0 atom stereocenters. The van der Waals surface area contributed by atoms with Crippen LogP contribution in [0.25, 0.3) is 11.8 Å². The molecule has 2 aromatic rings. The number of imidazole rings is 1. The molecule has 4 rings (SSSR count). The molecule has 1 aromatic carbocycles. The number of aromatic amines is 1.